The van der Waals surface area contributed by atoms with Crippen LogP contribution in [0.15, 0.2) is 18.3 Å². The molecule has 5 nitrogen and oxygen atoms in total. The molecule has 3 atom stereocenters. The molecule has 1 aromatic rings. The Hall–Kier alpha value is -1.17. The van der Waals surface area contributed by atoms with E-state index in [0.29, 0.717) is 12.6 Å². The first-order valence-corrected chi connectivity index (χ1v) is 7.32. The van der Waals surface area contributed by atoms with Crippen LogP contribution in [-0.4, -0.2) is 49.0 Å². The summed E-state index contributed by atoms with van der Waals surface area (Å²) in [5.74, 6) is 0. The summed E-state index contributed by atoms with van der Waals surface area (Å²) in [4.78, 5) is 6.79. The molecule has 0 radical (unpaired) electrons. The maximum Gasteiger partial charge on any atom is 0.0984 e. The average Bonchev–Trinajstić information content (AvgIpc) is 2.48. The van der Waals surface area contributed by atoms with Gasteiger partial charge in [-0.15, -0.1) is 0 Å². The minimum absolute atomic E-state index is 0.0595. The Kier molecular flexibility index (Phi) is 5.34. The van der Waals surface area contributed by atoms with Crippen LogP contribution in [0.25, 0.3) is 0 Å². The van der Waals surface area contributed by atoms with Crippen LogP contribution in [0, 0.1) is 0 Å². The number of hydrogen-bond acceptors (Lipinski definition) is 5. The summed E-state index contributed by atoms with van der Waals surface area (Å²) in [6.07, 6.45) is 2.95. The Morgan fingerprint density at radius 2 is 2.30 bits per heavy atom. The fourth-order valence-electron chi connectivity index (χ4n) is 2.71. The summed E-state index contributed by atoms with van der Waals surface area (Å²) in [5.41, 5.74) is 2.16. The normalized spacial score (nSPS) is 24.7. The molecule has 2 heterocycles. The fraction of sp³-hybridized carbons (Fsp3) is 0.667. The largest absolute Gasteiger partial charge is 0.394 e. The second-order valence-electron chi connectivity index (χ2n) is 5.35. The molecule has 1 saturated heterocycles. The Bertz CT molecular complexity index is 406. The predicted octanol–water partition coefficient (Wildman–Crippen LogP) is 1.34. The van der Waals surface area contributed by atoms with Gasteiger partial charge < -0.3 is 20.1 Å². The molecule has 0 aromatic carbocycles. The summed E-state index contributed by atoms with van der Waals surface area (Å²) >= 11 is 0. The third-order valence-corrected chi connectivity index (χ3v) is 3.78. The third kappa shape index (κ3) is 3.48. The molecule has 2 rings (SSSR count). The number of aliphatic hydroxyl groups is 1. The second kappa shape index (κ2) is 7.02. The SMILES string of the molecule is CCC(NC)c1ccc(N2CC(C)OC(CO)C2)cn1. The van der Waals surface area contributed by atoms with Gasteiger partial charge in [0.1, 0.15) is 0 Å². The average molecular weight is 279 g/mol. The van der Waals surface area contributed by atoms with E-state index in [1.54, 1.807) is 0 Å². The number of morpholine rings is 1. The first-order chi connectivity index (χ1) is 9.67. The number of rotatable bonds is 5. The van der Waals surface area contributed by atoms with Crippen molar-refractivity contribution in [3.63, 3.8) is 0 Å². The second-order valence-corrected chi connectivity index (χ2v) is 5.35. The van der Waals surface area contributed by atoms with Crippen LogP contribution in [0.4, 0.5) is 5.69 Å². The number of pyridine rings is 1. The lowest BCUT2D eigenvalue weighted by Crippen LogP contribution is -2.48. The zero-order chi connectivity index (χ0) is 14.5. The van der Waals surface area contributed by atoms with Crippen molar-refractivity contribution in [3.8, 4) is 0 Å². The molecule has 0 saturated carbocycles. The standard InChI is InChI=1S/C15H25N3O2/c1-4-14(16-3)15-6-5-12(7-17-15)18-8-11(2)20-13(9-18)10-19/h5-7,11,13-14,16,19H,4,8-10H2,1-3H3. The van der Waals surface area contributed by atoms with E-state index in [1.807, 2.05) is 20.2 Å². The van der Waals surface area contributed by atoms with Crippen molar-refractivity contribution in [2.24, 2.45) is 0 Å². The van der Waals surface area contributed by atoms with E-state index >= 15 is 0 Å². The van der Waals surface area contributed by atoms with E-state index in [4.69, 9.17) is 4.74 Å². The van der Waals surface area contributed by atoms with Crippen molar-refractivity contribution in [1.82, 2.24) is 10.3 Å². The third-order valence-electron chi connectivity index (χ3n) is 3.78. The highest BCUT2D eigenvalue weighted by atomic mass is 16.5. The van der Waals surface area contributed by atoms with E-state index in [9.17, 15) is 5.11 Å². The molecule has 1 aliphatic rings. The molecule has 0 spiro atoms. The van der Waals surface area contributed by atoms with Crippen LogP contribution in [-0.2, 0) is 4.74 Å². The zero-order valence-corrected chi connectivity index (χ0v) is 12.5. The first-order valence-electron chi connectivity index (χ1n) is 7.32. The highest BCUT2D eigenvalue weighted by molar-refractivity contribution is 5.45. The van der Waals surface area contributed by atoms with Gasteiger partial charge in [-0.3, -0.25) is 4.98 Å². The molecule has 0 bridgehead atoms. The van der Waals surface area contributed by atoms with Gasteiger partial charge in [-0.05, 0) is 32.5 Å². The number of nitrogens with one attached hydrogen (secondary N) is 1. The predicted molar refractivity (Wildman–Crippen MR) is 80.0 cm³/mol. The molecular formula is C15H25N3O2. The maximum atomic E-state index is 9.28. The highest BCUT2D eigenvalue weighted by Gasteiger charge is 2.25. The number of aromatic nitrogens is 1. The Morgan fingerprint density at radius 3 is 2.85 bits per heavy atom. The lowest BCUT2D eigenvalue weighted by molar-refractivity contribution is -0.0421. The summed E-state index contributed by atoms with van der Waals surface area (Å²) in [6.45, 7) is 5.78. The van der Waals surface area contributed by atoms with Crippen LogP contribution >= 0.6 is 0 Å². The number of nitrogens with zero attached hydrogens (tertiary/aromatic N) is 2. The van der Waals surface area contributed by atoms with Crippen molar-refractivity contribution in [2.75, 3.05) is 31.6 Å². The number of ether oxygens (including phenoxy) is 1. The summed E-state index contributed by atoms with van der Waals surface area (Å²) in [5, 5.41) is 12.5. The lowest BCUT2D eigenvalue weighted by Gasteiger charge is -2.37. The minimum Gasteiger partial charge on any atom is -0.394 e. The lowest BCUT2D eigenvalue weighted by atomic mass is 10.1. The van der Waals surface area contributed by atoms with Crippen molar-refractivity contribution in [1.29, 1.82) is 0 Å². The van der Waals surface area contributed by atoms with Crippen molar-refractivity contribution in [2.45, 2.75) is 38.5 Å². The molecule has 1 aromatic heterocycles. The number of hydrogen-bond donors (Lipinski definition) is 2. The molecule has 2 N–H and O–H groups in total. The van der Waals surface area contributed by atoms with Gasteiger partial charge in [0.15, 0.2) is 0 Å². The summed E-state index contributed by atoms with van der Waals surface area (Å²) in [6, 6.07) is 4.49. The van der Waals surface area contributed by atoms with Gasteiger partial charge in [0.05, 0.1) is 36.4 Å². The van der Waals surface area contributed by atoms with Gasteiger partial charge in [0.2, 0.25) is 0 Å². The van der Waals surface area contributed by atoms with Crippen LogP contribution in [0.1, 0.15) is 32.0 Å². The smallest absolute Gasteiger partial charge is 0.0984 e. The van der Waals surface area contributed by atoms with Crippen LogP contribution in [0.5, 0.6) is 0 Å². The molecule has 20 heavy (non-hydrogen) atoms. The molecular weight excluding hydrogens is 254 g/mol. The van der Waals surface area contributed by atoms with Gasteiger partial charge in [-0.25, -0.2) is 0 Å². The number of aliphatic hydroxyl groups excluding tert-OH is 1. The summed E-state index contributed by atoms with van der Waals surface area (Å²) in [7, 11) is 1.96. The monoisotopic (exact) mass is 279 g/mol. The van der Waals surface area contributed by atoms with Crippen LogP contribution in [0.3, 0.4) is 0 Å². The quantitative estimate of drug-likeness (QED) is 0.852. The first kappa shape index (κ1) is 15.2. The molecule has 0 amide bonds. The highest BCUT2D eigenvalue weighted by Crippen LogP contribution is 2.22. The van der Waals surface area contributed by atoms with Crippen molar-refractivity contribution in [3.05, 3.63) is 24.0 Å². The van der Waals surface area contributed by atoms with Crippen LogP contribution in [0.2, 0.25) is 0 Å². The van der Waals surface area contributed by atoms with E-state index in [-0.39, 0.29) is 18.8 Å². The molecule has 112 valence electrons. The van der Waals surface area contributed by atoms with E-state index in [2.05, 4.69) is 34.3 Å². The Balaban J connectivity index is 2.09. The molecule has 3 unspecified atom stereocenters. The van der Waals surface area contributed by atoms with Gasteiger partial charge in [0.25, 0.3) is 0 Å². The van der Waals surface area contributed by atoms with E-state index in [1.165, 1.54) is 0 Å². The van der Waals surface area contributed by atoms with Gasteiger partial charge in [-0.2, -0.15) is 0 Å². The fourth-order valence-corrected chi connectivity index (χ4v) is 2.71. The maximum absolute atomic E-state index is 9.28. The van der Waals surface area contributed by atoms with Gasteiger partial charge >= 0.3 is 0 Å². The number of anilines is 1. The van der Waals surface area contributed by atoms with E-state index < -0.39 is 0 Å². The van der Waals surface area contributed by atoms with Crippen LogP contribution < -0.4 is 10.2 Å². The molecule has 1 fully saturated rings. The van der Waals surface area contributed by atoms with Gasteiger partial charge in [-0.1, -0.05) is 6.92 Å². The molecule has 1 aliphatic heterocycles. The van der Waals surface area contributed by atoms with E-state index in [0.717, 1.165) is 24.3 Å². The van der Waals surface area contributed by atoms with Gasteiger partial charge in [0, 0.05) is 19.1 Å². The Morgan fingerprint density at radius 1 is 1.50 bits per heavy atom. The summed E-state index contributed by atoms with van der Waals surface area (Å²) < 4.78 is 5.66. The van der Waals surface area contributed by atoms with Crippen molar-refractivity contribution >= 4 is 5.69 Å². The Labute approximate surface area is 121 Å². The molecule has 5 heteroatoms. The minimum atomic E-state index is -0.112. The van der Waals surface area contributed by atoms with Crippen molar-refractivity contribution < 1.29 is 9.84 Å². The molecule has 0 aliphatic carbocycles. The zero-order valence-electron chi connectivity index (χ0n) is 12.5. The topological polar surface area (TPSA) is 57.6 Å².